The highest BCUT2D eigenvalue weighted by Crippen LogP contribution is 2.27. The third-order valence-electron chi connectivity index (χ3n) is 2.03. The average Bonchev–Trinajstić information content (AvgIpc) is 2.98. The SMILES string of the molecule is NC(=O)c1ncccc1C#CC1CC1. The molecule has 2 rings (SSSR count). The number of primary amides is 1. The van der Waals surface area contributed by atoms with Gasteiger partial charge in [0.1, 0.15) is 5.69 Å². The molecule has 0 saturated heterocycles. The minimum atomic E-state index is -0.523. The Morgan fingerprint density at radius 2 is 2.36 bits per heavy atom. The van der Waals surface area contributed by atoms with E-state index >= 15 is 0 Å². The fourth-order valence-corrected chi connectivity index (χ4v) is 1.11. The Kier molecular flexibility index (Phi) is 2.19. The molecule has 0 radical (unpaired) electrons. The standard InChI is InChI=1S/C11H10N2O/c12-11(14)10-9(2-1-7-13-10)6-5-8-3-4-8/h1-2,7-8H,3-4H2,(H2,12,14). The van der Waals surface area contributed by atoms with Gasteiger partial charge in [-0.2, -0.15) is 0 Å². The number of nitrogens with two attached hydrogens (primary N) is 1. The molecule has 1 aromatic rings. The van der Waals surface area contributed by atoms with Crippen molar-refractivity contribution < 1.29 is 4.79 Å². The lowest BCUT2D eigenvalue weighted by atomic mass is 10.2. The van der Waals surface area contributed by atoms with Gasteiger partial charge in [-0.15, -0.1) is 0 Å². The van der Waals surface area contributed by atoms with Gasteiger partial charge in [-0.3, -0.25) is 4.79 Å². The van der Waals surface area contributed by atoms with Crippen LogP contribution in [0.25, 0.3) is 0 Å². The molecule has 1 aliphatic rings. The lowest BCUT2D eigenvalue weighted by molar-refractivity contribution is 0.0995. The maximum Gasteiger partial charge on any atom is 0.268 e. The van der Waals surface area contributed by atoms with Gasteiger partial charge in [0.2, 0.25) is 0 Å². The van der Waals surface area contributed by atoms with E-state index in [1.165, 1.54) is 12.8 Å². The number of pyridine rings is 1. The van der Waals surface area contributed by atoms with Gasteiger partial charge in [0.15, 0.2) is 0 Å². The lowest BCUT2D eigenvalue weighted by Crippen LogP contribution is -2.14. The normalized spacial score (nSPS) is 14.3. The Morgan fingerprint density at radius 1 is 1.57 bits per heavy atom. The third kappa shape index (κ3) is 1.91. The lowest BCUT2D eigenvalue weighted by Gasteiger charge is -1.96. The number of amides is 1. The van der Waals surface area contributed by atoms with Crippen LogP contribution in [0.1, 0.15) is 28.9 Å². The van der Waals surface area contributed by atoms with E-state index in [9.17, 15) is 4.79 Å². The van der Waals surface area contributed by atoms with Crippen molar-refractivity contribution in [2.45, 2.75) is 12.8 Å². The molecule has 0 spiro atoms. The van der Waals surface area contributed by atoms with Gasteiger partial charge >= 0.3 is 0 Å². The third-order valence-corrected chi connectivity index (χ3v) is 2.03. The molecule has 0 unspecified atom stereocenters. The van der Waals surface area contributed by atoms with Crippen LogP contribution in [-0.4, -0.2) is 10.9 Å². The topological polar surface area (TPSA) is 56.0 Å². The van der Waals surface area contributed by atoms with Gasteiger partial charge in [0.05, 0.1) is 5.56 Å². The fourth-order valence-electron chi connectivity index (χ4n) is 1.11. The molecule has 14 heavy (non-hydrogen) atoms. The molecule has 0 aliphatic heterocycles. The molecule has 1 aliphatic carbocycles. The van der Waals surface area contributed by atoms with Gasteiger partial charge in [0, 0.05) is 12.1 Å². The molecule has 70 valence electrons. The number of rotatable bonds is 1. The van der Waals surface area contributed by atoms with E-state index in [0.29, 0.717) is 11.5 Å². The highest BCUT2D eigenvalue weighted by Gasteiger charge is 2.18. The van der Waals surface area contributed by atoms with E-state index in [2.05, 4.69) is 16.8 Å². The highest BCUT2D eigenvalue weighted by atomic mass is 16.1. The van der Waals surface area contributed by atoms with Gasteiger partial charge in [-0.25, -0.2) is 4.98 Å². The minimum absolute atomic E-state index is 0.264. The molecule has 1 amide bonds. The van der Waals surface area contributed by atoms with Crippen molar-refractivity contribution >= 4 is 5.91 Å². The molecule has 0 bridgehead atoms. The van der Waals surface area contributed by atoms with E-state index < -0.39 is 5.91 Å². The largest absolute Gasteiger partial charge is 0.364 e. The first kappa shape index (κ1) is 8.76. The molecule has 0 atom stereocenters. The average molecular weight is 186 g/mol. The number of carbonyl (C=O) groups is 1. The smallest absolute Gasteiger partial charge is 0.268 e. The summed E-state index contributed by atoms with van der Waals surface area (Å²) >= 11 is 0. The van der Waals surface area contributed by atoms with Gasteiger partial charge in [0.25, 0.3) is 5.91 Å². The van der Waals surface area contributed by atoms with Crippen LogP contribution in [-0.2, 0) is 0 Å². The number of hydrogen-bond acceptors (Lipinski definition) is 2. The van der Waals surface area contributed by atoms with E-state index in [1.807, 2.05) is 0 Å². The van der Waals surface area contributed by atoms with Crippen molar-refractivity contribution in [1.82, 2.24) is 4.98 Å². The highest BCUT2D eigenvalue weighted by molar-refractivity contribution is 5.93. The number of hydrogen-bond donors (Lipinski definition) is 1. The van der Waals surface area contributed by atoms with Crippen molar-refractivity contribution in [2.75, 3.05) is 0 Å². The van der Waals surface area contributed by atoms with Crippen LogP contribution in [0.5, 0.6) is 0 Å². The van der Waals surface area contributed by atoms with Crippen LogP contribution >= 0.6 is 0 Å². The molecule has 0 aromatic carbocycles. The maximum atomic E-state index is 11.0. The Balaban J connectivity index is 2.32. The van der Waals surface area contributed by atoms with Crippen LogP contribution in [0.3, 0.4) is 0 Å². The summed E-state index contributed by atoms with van der Waals surface area (Å²) < 4.78 is 0. The summed E-state index contributed by atoms with van der Waals surface area (Å²) in [6, 6.07) is 3.52. The summed E-state index contributed by atoms with van der Waals surface area (Å²) in [6.45, 7) is 0. The van der Waals surface area contributed by atoms with E-state index in [0.717, 1.165) is 0 Å². The van der Waals surface area contributed by atoms with Gasteiger partial charge in [-0.05, 0) is 25.0 Å². The fraction of sp³-hybridized carbons (Fsp3) is 0.273. The Hall–Kier alpha value is -1.82. The molecule has 1 aromatic heterocycles. The summed E-state index contributed by atoms with van der Waals surface area (Å²) in [5.74, 6) is 6.00. The first-order valence-corrected chi connectivity index (χ1v) is 4.54. The van der Waals surface area contributed by atoms with Crippen molar-refractivity contribution in [3.05, 3.63) is 29.6 Å². The van der Waals surface area contributed by atoms with Gasteiger partial charge < -0.3 is 5.73 Å². The van der Waals surface area contributed by atoms with Crippen molar-refractivity contribution in [2.24, 2.45) is 11.7 Å². The first-order valence-electron chi connectivity index (χ1n) is 4.54. The summed E-state index contributed by atoms with van der Waals surface area (Å²) in [5, 5.41) is 0. The second-order valence-corrected chi connectivity index (χ2v) is 3.31. The molecule has 1 heterocycles. The van der Waals surface area contributed by atoms with Crippen molar-refractivity contribution in [3.63, 3.8) is 0 Å². The van der Waals surface area contributed by atoms with Crippen LogP contribution in [0.2, 0.25) is 0 Å². The Morgan fingerprint density at radius 3 is 3.00 bits per heavy atom. The van der Waals surface area contributed by atoms with Crippen LogP contribution in [0, 0.1) is 17.8 Å². The number of nitrogens with zero attached hydrogens (tertiary/aromatic N) is 1. The zero-order chi connectivity index (χ0) is 9.97. The van der Waals surface area contributed by atoms with E-state index in [-0.39, 0.29) is 5.69 Å². The van der Waals surface area contributed by atoms with Crippen molar-refractivity contribution in [1.29, 1.82) is 0 Å². The van der Waals surface area contributed by atoms with Crippen LogP contribution in [0.4, 0.5) is 0 Å². The Labute approximate surface area is 82.3 Å². The second kappa shape index (κ2) is 3.51. The molecular formula is C11H10N2O. The van der Waals surface area contributed by atoms with Crippen LogP contribution < -0.4 is 5.73 Å². The summed E-state index contributed by atoms with van der Waals surface area (Å²) in [4.78, 5) is 14.9. The van der Waals surface area contributed by atoms with Crippen molar-refractivity contribution in [3.8, 4) is 11.8 Å². The summed E-state index contributed by atoms with van der Waals surface area (Å²) in [5.41, 5.74) is 6.06. The first-order chi connectivity index (χ1) is 6.77. The summed E-state index contributed by atoms with van der Waals surface area (Å²) in [6.07, 6.45) is 3.88. The maximum absolute atomic E-state index is 11.0. The molecular weight excluding hydrogens is 176 g/mol. The summed E-state index contributed by atoms with van der Waals surface area (Å²) in [7, 11) is 0. The monoisotopic (exact) mass is 186 g/mol. The molecule has 1 saturated carbocycles. The zero-order valence-electron chi connectivity index (χ0n) is 7.66. The Bertz CT molecular complexity index is 424. The second-order valence-electron chi connectivity index (χ2n) is 3.31. The molecule has 3 nitrogen and oxygen atoms in total. The zero-order valence-corrected chi connectivity index (χ0v) is 7.66. The number of aromatic nitrogens is 1. The van der Waals surface area contributed by atoms with Gasteiger partial charge in [-0.1, -0.05) is 11.8 Å². The molecule has 2 N–H and O–H groups in total. The molecule has 1 fully saturated rings. The quantitative estimate of drug-likeness (QED) is 0.663. The predicted octanol–water partition coefficient (Wildman–Crippen LogP) is 0.942. The molecule has 3 heteroatoms. The van der Waals surface area contributed by atoms with Crippen LogP contribution in [0.15, 0.2) is 18.3 Å². The number of carbonyl (C=O) groups excluding carboxylic acids is 1. The minimum Gasteiger partial charge on any atom is -0.364 e. The predicted molar refractivity (Wildman–Crippen MR) is 52.4 cm³/mol. The van der Waals surface area contributed by atoms with E-state index in [4.69, 9.17) is 5.73 Å². The van der Waals surface area contributed by atoms with E-state index in [1.54, 1.807) is 18.3 Å².